The Hall–Kier alpha value is -3.45. The number of benzene rings is 3. The summed E-state index contributed by atoms with van der Waals surface area (Å²) in [4.78, 5) is 27.7. The van der Waals surface area contributed by atoms with E-state index in [-0.39, 0.29) is 6.54 Å². The molecule has 2 heterocycles. The van der Waals surface area contributed by atoms with Crippen LogP contribution in [0.1, 0.15) is 22.3 Å². The maximum atomic E-state index is 14.1. The quantitative estimate of drug-likeness (QED) is 0.618. The normalized spacial score (nSPS) is 21.4. The first-order chi connectivity index (χ1) is 15.3. The molecule has 3 aromatic carbocycles. The van der Waals surface area contributed by atoms with Crippen LogP contribution in [0.15, 0.2) is 72.8 Å². The Morgan fingerprint density at radius 1 is 0.875 bits per heavy atom. The average Bonchev–Trinajstić information content (AvgIpc) is 3.11. The first-order valence-corrected chi connectivity index (χ1v) is 12.0. The third kappa shape index (κ3) is 2.74. The van der Waals surface area contributed by atoms with E-state index in [1.165, 1.54) is 9.80 Å². The van der Waals surface area contributed by atoms with E-state index in [1.807, 2.05) is 44.2 Å². The number of rotatable bonds is 3. The van der Waals surface area contributed by atoms with Gasteiger partial charge in [0.2, 0.25) is 5.91 Å². The Labute approximate surface area is 187 Å². The van der Waals surface area contributed by atoms with Gasteiger partial charge in [0.1, 0.15) is 5.75 Å². The molecule has 0 radical (unpaired) electrons. The van der Waals surface area contributed by atoms with Crippen LogP contribution < -0.4 is 9.80 Å². The summed E-state index contributed by atoms with van der Waals surface area (Å²) in [5.41, 5.74) is 4.03. The van der Waals surface area contributed by atoms with Crippen LogP contribution in [0, 0.1) is 13.8 Å². The van der Waals surface area contributed by atoms with Crippen LogP contribution in [0.3, 0.4) is 0 Å². The summed E-state index contributed by atoms with van der Waals surface area (Å²) in [5, 5.41) is 0. The third-order valence-corrected chi connectivity index (χ3v) is 8.21. The van der Waals surface area contributed by atoms with Crippen molar-refractivity contribution in [2.75, 3.05) is 15.6 Å². The van der Waals surface area contributed by atoms with Crippen LogP contribution in [0.2, 0.25) is 0 Å². The van der Waals surface area contributed by atoms with E-state index in [4.69, 9.17) is 0 Å². The van der Waals surface area contributed by atoms with Crippen molar-refractivity contribution in [2.45, 2.75) is 25.3 Å². The highest BCUT2D eigenvalue weighted by molar-refractivity contribution is 7.94. The number of hydrogen-bond donors (Lipinski definition) is 0. The molecule has 0 bridgehead atoms. The molecule has 1 saturated heterocycles. The van der Waals surface area contributed by atoms with Crippen molar-refractivity contribution in [3.63, 3.8) is 0 Å². The van der Waals surface area contributed by atoms with Gasteiger partial charge >= 0.3 is 0 Å². The third-order valence-electron chi connectivity index (χ3n) is 6.11. The molecular weight excluding hydrogens is 424 g/mol. The van der Waals surface area contributed by atoms with Crippen molar-refractivity contribution >= 4 is 33.0 Å². The van der Waals surface area contributed by atoms with Gasteiger partial charge in [-0.25, -0.2) is 8.42 Å². The van der Waals surface area contributed by atoms with Gasteiger partial charge in [0, 0.05) is 11.3 Å². The molecule has 32 heavy (non-hydrogen) atoms. The van der Waals surface area contributed by atoms with Crippen molar-refractivity contribution in [1.82, 2.24) is 0 Å². The fourth-order valence-corrected chi connectivity index (χ4v) is 6.84. The van der Waals surface area contributed by atoms with Crippen LogP contribution in [-0.2, 0) is 30.8 Å². The summed E-state index contributed by atoms with van der Waals surface area (Å²) in [6.45, 7) is 4.04. The molecule has 162 valence electrons. The molecule has 1 fully saturated rings. The van der Waals surface area contributed by atoms with Gasteiger partial charge < -0.3 is 4.90 Å². The number of amides is 2. The fourth-order valence-electron chi connectivity index (χ4n) is 4.81. The van der Waals surface area contributed by atoms with E-state index in [9.17, 15) is 18.0 Å². The molecule has 3 aromatic rings. The first-order valence-electron chi connectivity index (χ1n) is 10.3. The van der Waals surface area contributed by atoms with Crippen LogP contribution in [0.25, 0.3) is 0 Å². The minimum absolute atomic E-state index is 0.213. The number of carbonyl (C=O) groups excluding carboxylic acids is 2. The predicted molar refractivity (Wildman–Crippen MR) is 123 cm³/mol. The zero-order chi connectivity index (χ0) is 22.7. The van der Waals surface area contributed by atoms with E-state index in [0.717, 1.165) is 16.7 Å². The minimum Gasteiger partial charge on any atom is -0.304 e. The van der Waals surface area contributed by atoms with Gasteiger partial charge in [0.05, 0.1) is 12.2 Å². The second kappa shape index (κ2) is 7.03. The van der Waals surface area contributed by atoms with Crippen LogP contribution in [-0.4, -0.2) is 26.0 Å². The van der Waals surface area contributed by atoms with Crippen molar-refractivity contribution in [3.05, 3.63) is 95.1 Å². The molecule has 6 nitrogen and oxygen atoms in total. The van der Waals surface area contributed by atoms with E-state index < -0.39 is 32.3 Å². The van der Waals surface area contributed by atoms with Crippen LogP contribution >= 0.6 is 0 Å². The highest BCUT2D eigenvalue weighted by Gasteiger charge is 2.69. The monoisotopic (exact) mass is 446 g/mol. The summed E-state index contributed by atoms with van der Waals surface area (Å²) in [6.07, 6.45) is 0. The largest absolute Gasteiger partial charge is 0.304 e. The lowest BCUT2D eigenvalue weighted by molar-refractivity contribution is -0.123. The Kier molecular flexibility index (Phi) is 4.49. The lowest BCUT2D eigenvalue weighted by atomic mass is 10.0. The second-order valence-corrected chi connectivity index (χ2v) is 10.5. The molecule has 0 saturated carbocycles. The molecule has 2 aliphatic heterocycles. The summed E-state index contributed by atoms with van der Waals surface area (Å²) in [7, 11) is -4.16. The van der Waals surface area contributed by atoms with E-state index in [1.54, 1.807) is 42.5 Å². The Morgan fingerprint density at radius 2 is 1.56 bits per heavy atom. The Morgan fingerprint density at radius 3 is 2.28 bits per heavy atom. The number of carbonyl (C=O) groups is 2. The van der Waals surface area contributed by atoms with Gasteiger partial charge in [-0.2, -0.15) is 0 Å². The van der Waals surface area contributed by atoms with Gasteiger partial charge in [-0.1, -0.05) is 60.2 Å². The lowest BCUT2D eigenvalue weighted by Gasteiger charge is -2.32. The summed E-state index contributed by atoms with van der Waals surface area (Å²) in [5.74, 6) is -1.93. The molecule has 5 rings (SSSR count). The van der Waals surface area contributed by atoms with Gasteiger partial charge in [-0.05, 0) is 43.2 Å². The number of aryl methyl sites for hydroxylation is 2. The molecule has 7 heteroatoms. The van der Waals surface area contributed by atoms with Gasteiger partial charge in [0.15, 0.2) is 9.84 Å². The zero-order valence-electron chi connectivity index (χ0n) is 17.8. The van der Waals surface area contributed by atoms with E-state index in [0.29, 0.717) is 16.9 Å². The molecule has 0 N–H and O–H groups in total. The average molecular weight is 447 g/mol. The number of anilines is 2. The topological polar surface area (TPSA) is 74.8 Å². The number of hydrogen-bond acceptors (Lipinski definition) is 4. The highest BCUT2D eigenvalue weighted by atomic mass is 32.2. The summed E-state index contributed by atoms with van der Waals surface area (Å²) >= 11 is 0. The number of sulfone groups is 1. The van der Waals surface area contributed by atoms with Gasteiger partial charge in [0.25, 0.3) is 10.8 Å². The maximum Gasteiger partial charge on any atom is 0.274 e. The summed E-state index contributed by atoms with van der Waals surface area (Å²) < 4.78 is 27.2. The molecule has 2 aliphatic rings. The van der Waals surface area contributed by atoms with Gasteiger partial charge in [-0.3, -0.25) is 14.5 Å². The van der Waals surface area contributed by atoms with Gasteiger partial charge in [-0.15, -0.1) is 0 Å². The maximum absolute atomic E-state index is 14.1. The van der Waals surface area contributed by atoms with Crippen molar-refractivity contribution in [3.8, 4) is 0 Å². The molecule has 2 amide bonds. The highest BCUT2D eigenvalue weighted by Crippen LogP contribution is 2.52. The standard InChI is InChI=1S/C25H22N2O4S/c1-17-7-5-9-19(13-17)15-26-22-12-4-3-11-21(22)25(24(26)29)27(23(28)16-32(25,30)31)20-10-6-8-18(2)14-20/h3-14H,15-16H2,1-2H3/t25-/m0/s1. The zero-order valence-corrected chi connectivity index (χ0v) is 18.6. The SMILES string of the molecule is Cc1cccc(CN2C(=O)[C@@]3(c4ccccc42)N(c2cccc(C)c2)C(=O)CS3(=O)=O)c1. The Balaban J connectivity index is 1.74. The molecular formula is C25H22N2O4S. The number of para-hydroxylation sites is 1. The second-order valence-electron chi connectivity index (χ2n) is 8.37. The van der Waals surface area contributed by atoms with Crippen molar-refractivity contribution in [1.29, 1.82) is 0 Å². The lowest BCUT2D eigenvalue weighted by Crippen LogP contribution is -2.54. The first kappa shape index (κ1) is 20.5. The molecule has 1 atom stereocenters. The van der Waals surface area contributed by atoms with Crippen molar-refractivity contribution < 1.29 is 18.0 Å². The number of fused-ring (bicyclic) bond motifs is 2. The van der Waals surface area contributed by atoms with Crippen molar-refractivity contribution in [2.24, 2.45) is 0 Å². The molecule has 1 spiro atoms. The predicted octanol–water partition coefficient (Wildman–Crippen LogP) is 3.46. The molecule has 0 unspecified atom stereocenters. The molecule has 0 aromatic heterocycles. The minimum atomic E-state index is -4.16. The number of nitrogens with zero attached hydrogens (tertiary/aromatic N) is 2. The molecule has 0 aliphatic carbocycles. The smallest absolute Gasteiger partial charge is 0.274 e. The fraction of sp³-hybridized carbons (Fsp3) is 0.200. The van der Waals surface area contributed by atoms with E-state index >= 15 is 0 Å². The van der Waals surface area contributed by atoms with E-state index in [2.05, 4.69) is 0 Å². The van der Waals surface area contributed by atoms with Crippen LogP contribution in [0.4, 0.5) is 11.4 Å². The Bertz CT molecular complexity index is 1380. The summed E-state index contributed by atoms with van der Waals surface area (Å²) in [6, 6.07) is 21.6. The van der Waals surface area contributed by atoms with Crippen LogP contribution in [0.5, 0.6) is 0 Å².